The van der Waals surface area contributed by atoms with E-state index < -0.39 is 10.0 Å². The molecule has 3 heterocycles. The van der Waals surface area contributed by atoms with Gasteiger partial charge in [0.2, 0.25) is 15.8 Å². The highest BCUT2D eigenvalue weighted by Crippen LogP contribution is 2.34. The molecule has 1 N–H and O–H groups in total. The van der Waals surface area contributed by atoms with E-state index in [2.05, 4.69) is 14.9 Å². The molecule has 30 heavy (non-hydrogen) atoms. The quantitative estimate of drug-likeness (QED) is 0.417. The maximum atomic E-state index is 12.9. The number of thiophene rings is 1. The van der Waals surface area contributed by atoms with Crippen LogP contribution in [0.1, 0.15) is 17.6 Å². The molecule has 1 unspecified atom stereocenters. The Labute approximate surface area is 182 Å². The molecule has 4 rings (SSSR count). The smallest absolute Gasteiger partial charge is 0.268 e. The number of aryl methyl sites for hydroxylation is 1. The summed E-state index contributed by atoms with van der Waals surface area (Å²) in [5.41, 5.74) is 0.715. The molecule has 4 aromatic rings. The number of rotatable bonds is 7. The first-order valence-electron chi connectivity index (χ1n) is 9.07. The zero-order chi connectivity index (χ0) is 21.3. The van der Waals surface area contributed by atoms with E-state index in [0.29, 0.717) is 38.3 Å². The van der Waals surface area contributed by atoms with Crippen LogP contribution in [-0.4, -0.2) is 24.6 Å². The van der Waals surface area contributed by atoms with E-state index >= 15 is 0 Å². The minimum absolute atomic E-state index is 0.191. The standard InChI is InChI=1S/C20H18ClN3O4S2/c1-12(9-16-7-4-8-27-16)24-30(25,26)18-11-17(29-13(18)2)20-22-19(23-28-20)14-5-3-6-15(21)10-14/h3-8,10-12,24H,9H2,1-2H3. The van der Waals surface area contributed by atoms with Crippen LogP contribution in [0, 0.1) is 6.92 Å². The van der Waals surface area contributed by atoms with Gasteiger partial charge < -0.3 is 8.94 Å². The lowest BCUT2D eigenvalue weighted by Gasteiger charge is -2.12. The van der Waals surface area contributed by atoms with Crippen molar-refractivity contribution in [2.24, 2.45) is 0 Å². The van der Waals surface area contributed by atoms with Gasteiger partial charge in [0, 0.05) is 27.9 Å². The molecule has 0 aliphatic heterocycles. The fourth-order valence-electron chi connectivity index (χ4n) is 3.01. The third kappa shape index (κ3) is 4.49. The van der Waals surface area contributed by atoms with Crippen LogP contribution in [0.3, 0.4) is 0 Å². The zero-order valence-electron chi connectivity index (χ0n) is 16.1. The van der Waals surface area contributed by atoms with Gasteiger partial charge in [0.05, 0.1) is 16.0 Å². The average Bonchev–Trinajstić information content (AvgIpc) is 3.41. The van der Waals surface area contributed by atoms with Crippen molar-refractivity contribution in [1.29, 1.82) is 0 Å². The van der Waals surface area contributed by atoms with Crippen LogP contribution >= 0.6 is 22.9 Å². The molecule has 7 nitrogen and oxygen atoms in total. The summed E-state index contributed by atoms with van der Waals surface area (Å²) in [7, 11) is -3.72. The Bertz CT molecular complexity index is 1260. The van der Waals surface area contributed by atoms with Crippen molar-refractivity contribution < 1.29 is 17.4 Å². The monoisotopic (exact) mass is 463 g/mol. The first-order chi connectivity index (χ1) is 14.3. The third-order valence-electron chi connectivity index (χ3n) is 4.33. The number of hydrogen-bond acceptors (Lipinski definition) is 7. The molecule has 0 saturated heterocycles. The van der Waals surface area contributed by atoms with E-state index in [-0.39, 0.29) is 16.8 Å². The number of nitrogens with one attached hydrogen (secondary N) is 1. The van der Waals surface area contributed by atoms with E-state index in [4.69, 9.17) is 20.5 Å². The molecule has 0 spiro atoms. The summed E-state index contributed by atoms with van der Waals surface area (Å²) in [6, 6.07) is 11.9. The van der Waals surface area contributed by atoms with Gasteiger partial charge in [0.1, 0.15) is 5.76 Å². The van der Waals surface area contributed by atoms with Crippen molar-refractivity contribution >= 4 is 33.0 Å². The molecule has 1 atom stereocenters. The lowest BCUT2D eigenvalue weighted by Crippen LogP contribution is -2.34. The Kier molecular flexibility index (Phi) is 5.79. The average molecular weight is 464 g/mol. The lowest BCUT2D eigenvalue weighted by molar-refractivity contribution is 0.433. The van der Waals surface area contributed by atoms with Crippen LogP contribution in [0.5, 0.6) is 0 Å². The maximum Gasteiger partial charge on any atom is 0.268 e. The van der Waals surface area contributed by atoms with Gasteiger partial charge in [-0.2, -0.15) is 4.98 Å². The van der Waals surface area contributed by atoms with Crippen molar-refractivity contribution in [1.82, 2.24) is 14.9 Å². The molecule has 0 fully saturated rings. The predicted octanol–water partition coefficient (Wildman–Crippen LogP) is 4.93. The van der Waals surface area contributed by atoms with E-state index in [0.717, 1.165) is 0 Å². The first kappa shape index (κ1) is 20.8. The van der Waals surface area contributed by atoms with Gasteiger partial charge in [-0.1, -0.05) is 28.9 Å². The summed E-state index contributed by atoms with van der Waals surface area (Å²) in [4.78, 5) is 5.78. The van der Waals surface area contributed by atoms with Crippen LogP contribution in [0.4, 0.5) is 0 Å². The molecule has 0 aliphatic rings. The molecule has 0 bridgehead atoms. The Morgan fingerprint density at radius 1 is 1.23 bits per heavy atom. The second-order valence-electron chi connectivity index (χ2n) is 6.77. The van der Waals surface area contributed by atoms with Crippen molar-refractivity contribution in [3.05, 3.63) is 64.4 Å². The van der Waals surface area contributed by atoms with E-state index in [1.165, 1.54) is 11.3 Å². The highest BCUT2D eigenvalue weighted by molar-refractivity contribution is 7.89. The molecule has 0 saturated carbocycles. The molecule has 0 aliphatic carbocycles. The number of halogens is 1. The SMILES string of the molecule is Cc1sc(-c2nc(-c3cccc(Cl)c3)no2)cc1S(=O)(=O)NC(C)Cc1ccco1. The third-order valence-corrected chi connectivity index (χ3v) is 7.44. The Balaban J connectivity index is 1.56. The minimum Gasteiger partial charge on any atom is -0.469 e. The van der Waals surface area contributed by atoms with Crippen LogP contribution in [0.15, 0.2) is 62.6 Å². The van der Waals surface area contributed by atoms with E-state index in [9.17, 15) is 8.42 Å². The molecule has 156 valence electrons. The van der Waals surface area contributed by atoms with E-state index in [1.54, 1.807) is 50.4 Å². The van der Waals surface area contributed by atoms with Gasteiger partial charge in [-0.3, -0.25) is 0 Å². The first-order valence-corrected chi connectivity index (χ1v) is 11.7. The maximum absolute atomic E-state index is 12.9. The number of furan rings is 1. The van der Waals surface area contributed by atoms with Crippen molar-refractivity contribution in [2.75, 3.05) is 0 Å². The zero-order valence-corrected chi connectivity index (χ0v) is 18.5. The van der Waals surface area contributed by atoms with Crippen LogP contribution in [0.2, 0.25) is 5.02 Å². The summed E-state index contributed by atoms with van der Waals surface area (Å²) in [6.07, 6.45) is 2.02. The predicted molar refractivity (Wildman–Crippen MR) is 115 cm³/mol. The second kappa shape index (κ2) is 8.35. The number of benzene rings is 1. The topological polar surface area (TPSA) is 98.2 Å². The molecule has 3 aromatic heterocycles. The van der Waals surface area contributed by atoms with Crippen molar-refractivity contribution in [3.8, 4) is 22.2 Å². The Morgan fingerprint density at radius 2 is 2.07 bits per heavy atom. The van der Waals surface area contributed by atoms with Gasteiger partial charge in [-0.15, -0.1) is 11.3 Å². The van der Waals surface area contributed by atoms with Crippen LogP contribution in [0.25, 0.3) is 22.2 Å². The van der Waals surface area contributed by atoms with Gasteiger partial charge in [0.25, 0.3) is 5.89 Å². The lowest BCUT2D eigenvalue weighted by atomic mass is 10.2. The molecule has 0 amide bonds. The van der Waals surface area contributed by atoms with Crippen LogP contribution in [-0.2, 0) is 16.4 Å². The second-order valence-corrected chi connectivity index (χ2v) is 10.1. The summed E-state index contributed by atoms with van der Waals surface area (Å²) >= 11 is 7.29. The largest absolute Gasteiger partial charge is 0.469 e. The van der Waals surface area contributed by atoms with Gasteiger partial charge >= 0.3 is 0 Å². The molecule has 1 aromatic carbocycles. The van der Waals surface area contributed by atoms with Crippen LogP contribution < -0.4 is 4.72 Å². The Morgan fingerprint density at radius 3 is 2.80 bits per heavy atom. The fourth-order valence-corrected chi connectivity index (χ4v) is 5.95. The van der Waals surface area contributed by atoms with Crippen molar-refractivity contribution in [2.45, 2.75) is 31.2 Å². The molecular weight excluding hydrogens is 446 g/mol. The summed E-state index contributed by atoms with van der Waals surface area (Å²) in [5.74, 6) is 1.35. The highest BCUT2D eigenvalue weighted by Gasteiger charge is 2.24. The summed E-state index contributed by atoms with van der Waals surface area (Å²) in [6.45, 7) is 3.53. The molecular formula is C20H18ClN3O4S2. The summed E-state index contributed by atoms with van der Waals surface area (Å²) < 4.78 is 39.1. The number of nitrogens with zero attached hydrogens (tertiary/aromatic N) is 2. The number of sulfonamides is 1. The van der Waals surface area contributed by atoms with E-state index in [1.807, 2.05) is 12.1 Å². The minimum atomic E-state index is -3.72. The van der Waals surface area contributed by atoms with Crippen molar-refractivity contribution in [3.63, 3.8) is 0 Å². The number of hydrogen-bond donors (Lipinski definition) is 1. The van der Waals surface area contributed by atoms with Gasteiger partial charge in [-0.25, -0.2) is 13.1 Å². The summed E-state index contributed by atoms with van der Waals surface area (Å²) in [5, 5.41) is 4.55. The Hall–Kier alpha value is -2.46. The normalized spacial score (nSPS) is 12.9. The highest BCUT2D eigenvalue weighted by atomic mass is 35.5. The fraction of sp³-hybridized carbons (Fsp3) is 0.200. The molecule has 0 radical (unpaired) electrons. The number of aromatic nitrogens is 2. The van der Waals surface area contributed by atoms with Gasteiger partial charge in [0.15, 0.2) is 0 Å². The molecule has 10 heteroatoms. The van der Waals surface area contributed by atoms with Gasteiger partial charge in [-0.05, 0) is 44.2 Å².